The SMILES string of the molecule is CC(CC1CCCCCN1)NCCCC(F)(F)F. The normalized spacial score (nSPS) is 23.7. The number of hydrogen-bond acceptors (Lipinski definition) is 2. The first-order chi connectivity index (χ1) is 8.47. The van der Waals surface area contributed by atoms with Gasteiger partial charge >= 0.3 is 6.18 Å². The Morgan fingerprint density at radius 3 is 2.78 bits per heavy atom. The number of rotatable bonds is 6. The third-order valence-electron chi connectivity index (χ3n) is 3.43. The van der Waals surface area contributed by atoms with Gasteiger partial charge in [0.15, 0.2) is 0 Å². The van der Waals surface area contributed by atoms with Crippen LogP contribution in [0.1, 0.15) is 51.9 Å². The summed E-state index contributed by atoms with van der Waals surface area (Å²) in [5, 5.41) is 6.69. The van der Waals surface area contributed by atoms with Crippen molar-refractivity contribution in [1.29, 1.82) is 0 Å². The molecule has 1 heterocycles. The lowest BCUT2D eigenvalue weighted by Crippen LogP contribution is -2.37. The summed E-state index contributed by atoms with van der Waals surface area (Å²) in [5.74, 6) is 0. The molecule has 1 saturated heterocycles. The molecule has 0 saturated carbocycles. The largest absolute Gasteiger partial charge is 0.389 e. The minimum Gasteiger partial charge on any atom is -0.314 e. The molecule has 0 spiro atoms. The molecule has 1 rings (SSSR count). The Bertz CT molecular complexity index is 211. The Balaban J connectivity index is 2.07. The second kappa shape index (κ2) is 8.00. The summed E-state index contributed by atoms with van der Waals surface area (Å²) >= 11 is 0. The number of hydrogen-bond donors (Lipinski definition) is 2. The minimum atomic E-state index is -4.02. The molecule has 5 heteroatoms. The van der Waals surface area contributed by atoms with Gasteiger partial charge in [-0.05, 0) is 45.7 Å². The molecule has 18 heavy (non-hydrogen) atoms. The van der Waals surface area contributed by atoms with Crippen molar-refractivity contribution in [3.05, 3.63) is 0 Å². The van der Waals surface area contributed by atoms with Gasteiger partial charge in [-0.1, -0.05) is 12.8 Å². The van der Waals surface area contributed by atoms with Crippen molar-refractivity contribution in [3.63, 3.8) is 0 Å². The molecule has 2 nitrogen and oxygen atoms in total. The molecule has 1 fully saturated rings. The summed E-state index contributed by atoms with van der Waals surface area (Å²) < 4.78 is 35.9. The fraction of sp³-hybridized carbons (Fsp3) is 1.00. The topological polar surface area (TPSA) is 24.1 Å². The first-order valence-electron chi connectivity index (χ1n) is 7.01. The quantitative estimate of drug-likeness (QED) is 0.721. The van der Waals surface area contributed by atoms with E-state index in [0.29, 0.717) is 12.6 Å². The van der Waals surface area contributed by atoms with Crippen molar-refractivity contribution < 1.29 is 13.2 Å². The summed E-state index contributed by atoms with van der Waals surface area (Å²) in [6.45, 7) is 3.58. The summed E-state index contributed by atoms with van der Waals surface area (Å²) in [5.41, 5.74) is 0. The van der Waals surface area contributed by atoms with Gasteiger partial charge in [-0.15, -0.1) is 0 Å². The molecule has 0 aliphatic carbocycles. The van der Waals surface area contributed by atoms with Crippen LogP contribution >= 0.6 is 0 Å². The molecule has 1 aliphatic rings. The van der Waals surface area contributed by atoms with Crippen molar-refractivity contribution in [3.8, 4) is 0 Å². The van der Waals surface area contributed by atoms with Crippen LogP contribution < -0.4 is 10.6 Å². The highest BCUT2D eigenvalue weighted by atomic mass is 19.4. The van der Waals surface area contributed by atoms with E-state index in [1.54, 1.807) is 0 Å². The van der Waals surface area contributed by atoms with E-state index in [4.69, 9.17) is 0 Å². The van der Waals surface area contributed by atoms with Crippen LogP contribution in [0.2, 0.25) is 0 Å². The van der Waals surface area contributed by atoms with Gasteiger partial charge in [0.05, 0.1) is 0 Å². The molecule has 0 amide bonds. The van der Waals surface area contributed by atoms with Crippen molar-refractivity contribution >= 4 is 0 Å². The van der Waals surface area contributed by atoms with E-state index in [0.717, 1.165) is 13.0 Å². The molecule has 0 radical (unpaired) electrons. The predicted octanol–water partition coefficient (Wildman–Crippen LogP) is 3.23. The van der Waals surface area contributed by atoms with Crippen LogP contribution in [-0.4, -0.2) is 31.3 Å². The lowest BCUT2D eigenvalue weighted by Gasteiger charge is -2.21. The van der Waals surface area contributed by atoms with Gasteiger partial charge in [0.1, 0.15) is 0 Å². The Hall–Kier alpha value is -0.290. The molecule has 1 aliphatic heterocycles. The number of alkyl halides is 3. The number of nitrogens with one attached hydrogen (secondary N) is 2. The highest BCUT2D eigenvalue weighted by Gasteiger charge is 2.26. The average Bonchev–Trinajstić information content (AvgIpc) is 2.52. The van der Waals surface area contributed by atoms with Crippen LogP contribution in [0.25, 0.3) is 0 Å². The molecule has 0 aromatic carbocycles. The van der Waals surface area contributed by atoms with Gasteiger partial charge in [0.2, 0.25) is 0 Å². The monoisotopic (exact) mass is 266 g/mol. The summed E-state index contributed by atoms with van der Waals surface area (Å²) in [6, 6.07) is 0.812. The van der Waals surface area contributed by atoms with Crippen LogP contribution in [0.3, 0.4) is 0 Å². The first-order valence-corrected chi connectivity index (χ1v) is 7.01. The van der Waals surface area contributed by atoms with Crippen LogP contribution in [-0.2, 0) is 0 Å². The van der Waals surface area contributed by atoms with Gasteiger partial charge in [-0.2, -0.15) is 13.2 Å². The van der Waals surface area contributed by atoms with E-state index in [1.807, 2.05) is 0 Å². The van der Waals surface area contributed by atoms with Gasteiger partial charge in [-0.3, -0.25) is 0 Å². The summed E-state index contributed by atoms with van der Waals surface area (Å²) in [7, 11) is 0. The molecule has 0 aromatic heterocycles. The Kier molecular flexibility index (Phi) is 7.00. The maximum Gasteiger partial charge on any atom is 0.389 e. The molecule has 2 unspecified atom stereocenters. The van der Waals surface area contributed by atoms with Gasteiger partial charge < -0.3 is 10.6 Å². The Morgan fingerprint density at radius 2 is 2.06 bits per heavy atom. The van der Waals surface area contributed by atoms with Gasteiger partial charge in [-0.25, -0.2) is 0 Å². The third kappa shape index (κ3) is 7.93. The van der Waals surface area contributed by atoms with E-state index in [-0.39, 0.29) is 12.5 Å². The predicted molar refractivity (Wildman–Crippen MR) is 67.6 cm³/mol. The third-order valence-corrected chi connectivity index (χ3v) is 3.43. The van der Waals surface area contributed by atoms with Crippen molar-refractivity contribution in [2.45, 2.75) is 70.1 Å². The van der Waals surface area contributed by atoms with Gasteiger partial charge in [0.25, 0.3) is 0 Å². The van der Waals surface area contributed by atoms with Crippen LogP contribution in [0.15, 0.2) is 0 Å². The Labute approximate surface area is 108 Å². The van der Waals surface area contributed by atoms with Crippen LogP contribution in [0.5, 0.6) is 0 Å². The zero-order valence-electron chi connectivity index (χ0n) is 11.2. The smallest absolute Gasteiger partial charge is 0.314 e. The molecule has 2 atom stereocenters. The summed E-state index contributed by atoms with van der Waals surface area (Å²) in [6.07, 6.45) is 1.45. The molecular weight excluding hydrogens is 241 g/mol. The zero-order chi connectivity index (χ0) is 13.4. The van der Waals surface area contributed by atoms with Crippen molar-refractivity contribution in [2.75, 3.05) is 13.1 Å². The molecule has 0 aromatic rings. The average molecular weight is 266 g/mol. The lowest BCUT2D eigenvalue weighted by molar-refractivity contribution is -0.135. The van der Waals surface area contributed by atoms with Crippen LogP contribution in [0, 0.1) is 0 Å². The lowest BCUT2D eigenvalue weighted by atomic mass is 10.0. The van der Waals surface area contributed by atoms with E-state index in [1.165, 1.54) is 25.7 Å². The zero-order valence-corrected chi connectivity index (χ0v) is 11.2. The standard InChI is InChI=1S/C13H25F3N2/c1-11(17-9-5-7-13(14,15)16)10-12-6-3-2-4-8-18-12/h11-12,17-18H,2-10H2,1H3. The van der Waals surface area contributed by atoms with E-state index < -0.39 is 12.6 Å². The number of halogens is 3. The Morgan fingerprint density at radius 1 is 1.28 bits per heavy atom. The van der Waals surface area contributed by atoms with Crippen LogP contribution in [0.4, 0.5) is 13.2 Å². The maximum absolute atomic E-state index is 12.0. The highest BCUT2D eigenvalue weighted by Crippen LogP contribution is 2.20. The highest BCUT2D eigenvalue weighted by molar-refractivity contribution is 4.76. The molecule has 108 valence electrons. The van der Waals surface area contributed by atoms with E-state index in [9.17, 15) is 13.2 Å². The van der Waals surface area contributed by atoms with Crippen molar-refractivity contribution in [1.82, 2.24) is 10.6 Å². The second-order valence-electron chi connectivity index (χ2n) is 5.31. The molecule has 2 N–H and O–H groups in total. The fourth-order valence-corrected chi connectivity index (χ4v) is 2.45. The fourth-order valence-electron chi connectivity index (χ4n) is 2.45. The second-order valence-corrected chi connectivity index (χ2v) is 5.31. The maximum atomic E-state index is 12.0. The minimum absolute atomic E-state index is 0.173. The first kappa shape index (κ1) is 15.8. The van der Waals surface area contributed by atoms with E-state index >= 15 is 0 Å². The molecular formula is C13H25F3N2. The van der Waals surface area contributed by atoms with Crippen molar-refractivity contribution in [2.24, 2.45) is 0 Å². The van der Waals surface area contributed by atoms with Gasteiger partial charge in [0, 0.05) is 18.5 Å². The summed E-state index contributed by atoms with van der Waals surface area (Å²) in [4.78, 5) is 0. The van der Waals surface area contributed by atoms with E-state index in [2.05, 4.69) is 17.6 Å². The molecule has 0 bridgehead atoms.